The summed E-state index contributed by atoms with van der Waals surface area (Å²) in [5, 5.41) is 2.97. The van der Waals surface area contributed by atoms with Gasteiger partial charge in [-0.05, 0) is 37.1 Å². The zero-order chi connectivity index (χ0) is 20.0. The minimum atomic E-state index is -3.68. The molecule has 0 unspecified atom stereocenters. The summed E-state index contributed by atoms with van der Waals surface area (Å²) >= 11 is 0. The molecule has 2 aromatic rings. The van der Waals surface area contributed by atoms with Gasteiger partial charge in [-0.25, -0.2) is 8.42 Å². The molecule has 2 aromatic carbocycles. The molecule has 150 valence electrons. The summed E-state index contributed by atoms with van der Waals surface area (Å²) in [5.74, 6) is 0.673. The predicted molar refractivity (Wildman–Crippen MR) is 110 cm³/mol. The first kappa shape index (κ1) is 20.2. The summed E-state index contributed by atoms with van der Waals surface area (Å²) < 4.78 is 31.9. The number of ether oxygens (including phenoxy) is 1. The van der Waals surface area contributed by atoms with Gasteiger partial charge in [0, 0.05) is 6.04 Å². The van der Waals surface area contributed by atoms with Gasteiger partial charge in [0.05, 0.1) is 11.9 Å². The zero-order valence-corrected chi connectivity index (χ0v) is 16.8. The van der Waals surface area contributed by atoms with Gasteiger partial charge in [-0.3, -0.25) is 9.10 Å². The van der Waals surface area contributed by atoms with Crippen molar-refractivity contribution in [1.82, 2.24) is 5.32 Å². The van der Waals surface area contributed by atoms with Gasteiger partial charge in [-0.15, -0.1) is 0 Å². The van der Waals surface area contributed by atoms with Crippen molar-refractivity contribution in [3.8, 4) is 11.5 Å². The van der Waals surface area contributed by atoms with E-state index >= 15 is 0 Å². The fraction of sp³-hybridized carbons (Fsp3) is 0.381. The molecule has 1 aliphatic rings. The lowest BCUT2D eigenvalue weighted by Crippen LogP contribution is -2.44. The van der Waals surface area contributed by atoms with E-state index < -0.39 is 10.0 Å². The lowest BCUT2D eigenvalue weighted by molar-refractivity contribution is -0.120. The Balaban J connectivity index is 1.81. The first-order valence-electron chi connectivity index (χ1n) is 9.52. The molecule has 1 saturated carbocycles. The number of nitrogens with zero attached hydrogens (tertiary/aromatic N) is 1. The van der Waals surface area contributed by atoms with Crippen molar-refractivity contribution >= 4 is 21.6 Å². The van der Waals surface area contributed by atoms with E-state index in [2.05, 4.69) is 5.32 Å². The molecule has 0 bridgehead atoms. The summed E-state index contributed by atoms with van der Waals surface area (Å²) in [5.41, 5.74) is 0.340. The van der Waals surface area contributed by atoms with Gasteiger partial charge in [0.1, 0.15) is 12.3 Å². The number of amides is 1. The molecule has 0 aliphatic heterocycles. The standard InChI is InChI=1S/C21H26N2O4S/c1-28(25,26)23(16-21(24)22-17-10-4-2-5-11-17)19-14-8-9-15-20(19)27-18-12-6-3-7-13-18/h3,6-9,12-15,17H,2,4-5,10-11,16H2,1H3,(H,22,24). The zero-order valence-electron chi connectivity index (χ0n) is 16.0. The van der Waals surface area contributed by atoms with Crippen LogP contribution in [0.1, 0.15) is 32.1 Å². The van der Waals surface area contributed by atoms with Gasteiger partial charge in [-0.2, -0.15) is 0 Å². The Morgan fingerprint density at radius 1 is 1.04 bits per heavy atom. The molecular weight excluding hydrogens is 376 g/mol. The van der Waals surface area contributed by atoms with Crippen LogP contribution in [-0.4, -0.2) is 33.2 Å². The molecule has 6 nitrogen and oxygen atoms in total. The van der Waals surface area contributed by atoms with Gasteiger partial charge in [-0.1, -0.05) is 49.6 Å². The van der Waals surface area contributed by atoms with Crippen LogP contribution >= 0.6 is 0 Å². The van der Waals surface area contributed by atoms with E-state index in [0.29, 0.717) is 17.2 Å². The highest BCUT2D eigenvalue weighted by Gasteiger charge is 2.25. The van der Waals surface area contributed by atoms with Crippen LogP contribution in [-0.2, 0) is 14.8 Å². The molecule has 3 rings (SSSR count). The molecule has 1 N–H and O–H groups in total. The molecule has 28 heavy (non-hydrogen) atoms. The first-order chi connectivity index (χ1) is 13.4. The van der Waals surface area contributed by atoms with E-state index in [1.165, 1.54) is 6.42 Å². The molecule has 0 atom stereocenters. The van der Waals surface area contributed by atoms with Crippen molar-refractivity contribution in [1.29, 1.82) is 0 Å². The van der Waals surface area contributed by atoms with Crippen LogP contribution in [0.5, 0.6) is 11.5 Å². The van der Waals surface area contributed by atoms with Crippen molar-refractivity contribution in [2.45, 2.75) is 38.1 Å². The van der Waals surface area contributed by atoms with Gasteiger partial charge in [0.25, 0.3) is 0 Å². The number of hydrogen-bond donors (Lipinski definition) is 1. The third kappa shape index (κ3) is 5.48. The molecule has 0 heterocycles. The SMILES string of the molecule is CS(=O)(=O)N(CC(=O)NC1CCCCC1)c1ccccc1Oc1ccccc1. The number of carbonyl (C=O) groups excluding carboxylic acids is 1. The topological polar surface area (TPSA) is 75.7 Å². The Kier molecular flexibility index (Phi) is 6.57. The Labute approximate surface area is 166 Å². The molecule has 1 aliphatic carbocycles. The third-order valence-electron chi connectivity index (χ3n) is 4.76. The van der Waals surface area contributed by atoms with E-state index in [1.807, 2.05) is 18.2 Å². The van der Waals surface area contributed by atoms with Gasteiger partial charge < -0.3 is 10.1 Å². The van der Waals surface area contributed by atoms with Crippen LogP contribution in [0.25, 0.3) is 0 Å². The molecule has 0 radical (unpaired) electrons. The smallest absolute Gasteiger partial charge is 0.240 e. The summed E-state index contributed by atoms with van der Waals surface area (Å²) in [4.78, 5) is 12.6. The Morgan fingerprint density at radius 2 is 1.68 bits per heavy atom. The number of carbonyl (C=O) groups is 1. The van der Waals surface area contributed by atoms with Crippen LogP contribution in [0.2, 0.25) is 0 Å². The Morgan fingerprint density at radius 3 is 2.36 bits per heavy atom. The number of rotatable bonds is 7. The van der Waals surface area contributed by atoms with Crippen LogP contribution in [0, 0.1) is 0 Å². The molecule has 1 fully saturated rings. The maximum atomic E-state index is 12.6. The monoisotopic (exact) mass is 402 g/mol. The molecule has 0 saturated heterocycles. The fourth-order valence-corrected chi connectivity index (χ4v) is 4.26. The van der Waals surface area contributed by atoms with E-state index in [1.54, 1.807) is 36.4 Å². The van der Waals surface area contributed by atoms with E-state index in [-0.39, 0.29) is 18.5 Å². The van der Waals surface area contributed by atoms with Gasteiger partial charge in [0.15, 0.2) is 5.75 Å². The normalized spacial score (nSPS) is 15.0. The number of sulfonamides is 1. The summed E-state index contributed by atoms with van der Waals surface area (Å²) in [7, 11) is -3.68. The van der Waals surface area contributed by atoms with Crippen molar-refractivity contribution in [2.24, 2.45) is 0 Å². The number of hydrogen-bond acceptors (Lipinski definition) is 4. The van der Waals surface area contributed by atoms with Crippen LogP contribution in [0.3, 0.4) is 0 Å². The minimum Gasteiger partial charge on any atom is -0.455 e. The maximum absolute atomic E-state index is 12.6. The van der Waals surface area contributed by atoms with E-state index in [9.17, 15) is 13.2 Å². The molecular formula is C21H26N2O4S. The highest BCUT2D eigenvalue weighted by molar-refractivity contribution is 7.92. The largest absolute Gasteiger partial charge is 0.455 e. The van der Waals surface area contributed by atoms with Crippen LogP contribution in [0.4, 0.5) is 5.69 Å². The molecule has 0 spiro atoms. The quantitative estimate of drug-likeness (QED) is 0.766. The second-order valence-corrected chi connectivity index (χ2v) is 8.96. The number of para-hydroxylation sites is 3. The first-order valence-corrected chi connectivity index (χ1v) is 11.4. The van der Waals surface area contributed by atoms with Gasteiger partial charge in [0.2, 0.25) is 15.9 Å². The van der Waals surface area contributed by atoms with Gasteiger partial charge >= 0.3 is 0 Å². The maximum Gasteiger partial charge on any atom is 0.240 e. The lowest BCUT2D eigenvalue weighted by atomic mass is 9.95. The summed E-state index contributed by atoms with van der Waals surface area (Å²) in [6.45, 7) is -0.273. The average molecular weight is 403 g/mol. The minimum absolute atomic E-state index is 0.124. The van der Waals surface area contributed by atoms with Crippen molar-refractivity contribution in [2.75, 3.05) is 17.1 Å². The second kappa shape index (κ2) is 9.10. The second-order valence-electron chi connectivity index (χ2n) is 7.05. The predicted octanol–water partition coefficient (Wildman–Crippen LogP) is 3.69. The van der Waals surface area contributed by atoms with Crippen molar-refractivity contribution in [3.63, 3.8) is 0 Å². The average Bonchev–Trinajstić information content (AvgIpc) is 2.68. The Bertz CT molecular complexity index is 894. The fourth-order valence-electron chi connectivity index (χ4n) is 3.40. The Hall–Kier alpha value is -2.54. The number of anilines is 1. The molecule has 7 heteroatoms. The molecule has 0 aromatic heterocycles. The van der Waals surface area contributed by atoms with Crippen molar-refractivity contribution < 1.29 is 17.9 Å². The van der Waals surface area contributed by atoms with Crippen LogP contribution in [0.15, 0.2) is 54.6 Å². The highest BCUT2D eigenvalue weighted by Crippen LogP contribution is 2.33. The molecule has 1 amide bonds. The number of benzene rings is 2. The third-order valence-corrected chi connectivity index (χ3v) is 5.89. The van der Waals surface area contributed by atoms with E-state index in [0.717, 1.165) is 36.2 Å². The lowest BCUT2D eigenvalue weighted by Gasteiger charge is -2.27. The summed E-state index contributed by atoms with van der Waals surface area (Å²) in [6.07, 6.45) is 6.35. The number of nitrogens with one attached hydrogen (secondary N) is 1. The highest BCUT2D eigenvalue weighted by atomic mass is 32.2. The van der Waals surface area contributed by atoms with Crippen LogP contribution < -0.4 is 14.4 Å². The van der Waals surface area contributed by atoms with Crippen molar-refractivity contribution in [3.05, 3.63) is 54.6 Å². The summed E-state index contributed by atoms with van der Waals surface area (Å²) in [6, 6.07) is 16.1. The van der Waals surface area contributed by atoms with E-state index in [4.69, 9.17) is 4.74 Å².